The third-order valence-corrected chi connectivity index (χ3v) is 4.70. The molecular weight excluding hydrogens is 316 g/mol. The Morgan fingerprint density at radius 2 is 2.09 bits per heavy atom. The Labute approximate surface area is 138 Å². The van der Waals surface area contributed by atoms with Crippen molar-refractivity contribution in [2.75, 3.05) is 5.32 Å². The van der Waals surface area contributed by atoms with Crippen LogP contribution in [0.25, 0.3) is 0 Å². The predicted molar refractivity (Wildman–Crippen MR) is 87.8 cm³/mol. The van der Waals surface area contributed by atoms with Crippen molar-refractivity contribution in [3.05, 3.63) is 33.2 Å². The number of hydrogen-bond donors (Lipinski definition) is 1. The number of aryl methyl sites for hydroxylation is 3. The van der Waals surface area contributed by atoms with Gasteiger partial charge in [-0.3, -0.25) is 4.79 Å². The second-order valence-corrected chi connectivity index (χ2v) is 6.32. The van der Waals surface area contributed by atoms with Crippen LogP contribution in [0, 0.1) is 13.8 Å². The zero-order chi connectivity index (χ0) is 17.0. The van der Waals surface area contributed by atoms with E-state index in [1.165, 1.54) is 11.3 Å². The highest BCUT2D eigenvalue weighted by Crippen LogP contribution is 2.23. The maximum absolute atomic E-state index is 12.2. The van der Waals surface area contributed by atoms with E-state index in [1.807, 2.05) is 13.8 Å². The molecule has 0 fully saturated rings. The number of carbonyl (C=O) groups excluding carboxylic acids is 2. The van der Waals surface area contributed by atoms with E-state index in [1.54, 1.807) is 26.0 Å². The number of aromatic nitrogens is 1. The molecule has 1 amide bonds. The Morgan fingerprint density at radius 3 is 2.61 bits per heavy atom. The first-order chi connectivity index (χ1) is 10.9. The van der Waals surface area contributed by atoms with E-state index in [2.05, 4.69) is 10.5 Å². The molecule has 2 aromatic rings. The first-order valence-corrected chi connectivity index (χ1v) is 8.30. The number of hydrogen-bond acceptors (Lipinski definition) is 6. The summed E-state index contributed by atoms with van der Waals surface area (Å²) in [5.74, 6) is 0.00279. The van der Waals surface area contributed by atoms with Crippen LogP contribution in [0.4, 0.5) is 5.82 Å². The number of thiophene rings is 1. The van der Waals surface area contributed by atoms with Gasteiger partial charge in [-0.2, -0.15) is 0 Å². The van der Waals surface area contributed by atoms with E-state index < -0.39 is 18.0 Å². The fourth-order valence-corrected chi connectivity index (χ4v) is 3.11. The first-order valence-electron chi connectivity index (χ1n) is 7.49. The Bertz CT molecular complexity index is 705. The molecule has 2 aromatic heterocycles. The van der Waals surface area contributed by atoms with E-state index in [0.29, 0.717) is 22.9 Å². The largest absolute Gasteiger partial charge is 0.448 e. The van der Waals surface area contributed by atoms with Crippen LogP contribution < -0.4 is 5.32 Å². The van der Waals surface area contributed by atoms with E-state index in [9.17, 15) is 9.59 Å². The van der Waals surface area contributed by atoms with Crippen molar-refractivity contribution in [1.29, 1.82) is 0 Å². The van der Waals surface area contributed by atoms with E-state index >= 15 is 0 Å². The van der Waals surface area contributed by atoms with Gasteiger partial charge in [-0.05, 0) is 38.3 Å². The minimum atomic E-state index is -0.869. The molecule has 1 unspecified atom stereocenters. The van der Waals surface area contributed by atoms with Crippen LogP contribution >= 0.6 is 11.3 Å². The average molecular weight is 336 g/mol. The van der Waals surface area contributed by atoms with Gasteiger partial charge in [0.05, 0.1) is 0 Å². The molecule has 2 rings (SSSR count). The van der Waals surface area contributed by atoms with Crippen molar-refractivity contribution >= 4 is 29.0 Å². The molecule has 0 saturated carbocycles. The number of amides is 1. The van der Waals surface area contributed by atoms with E-state index in [-0.39, 0.29) is 0 Å². The van der Waals surface area contributed by atoms with Gasteiger partial charge < -0.3 is 14.6 Å². The number of nitrogens with zero attached hydrogens (tertiary/aromatic N) is 1. The van der Waals surface area contributed by atoms with Gasteiger partial charge in [0.1, 0.15) is 10.6 Å². The third kappa shape index (κ3) is 4.19. The predicted octanol–water partition coefficient (Wildman–Crippen LogP) is 3.49. The van der Waals surface area contributed by atoms with Crippen LogP contribution in [-0.4, -0.2) is 23.1 Å². The van der Waals surface area contributed by atoms with Crippen molar-refractivity contribution in [3.8, 4) is 0 Å². The van der Waals surface area contributed by atoms with Crippen LogP contribution in [0.5, 0.6) is 0 Å². The van der Waals surface area contributed by atoms with Gasteiger partial charge in [-0.25, -0.2) is 4.79 Å². The van der Waals surface area contributed by atoms with Crippen molar-refractivity contribution in [2.45, 2.75) is 46.6 Å². The molecule has 0 bridgehead atoms. The van der Waals surface area contributed by atoms with Gasteiger partial charge in [-0.1, -0.05) is 19.0 Å². The van der Waals surface area contributed by atoms with Gasteiger partial charge in [0.15, 0.2) is 11.9 Å². The SMILES string of the molecule is CCc1sc(C(=O)OC(CC)C(=O)Nc2cc(C)on2)cc1C. The Kier molecular flexibility index (Phi) is 5.54. The monoisotopic (exact) mass is 336 g/mol. The molecule has 7 heteroatoms. The van der Waals surface area contributed by atoms with Crippen LogP contribution in [0.1, 0.15) is 46.1 Å². The summed E-state index contributed by atoms with van der Waals surface area (Å²) in [6.07, 6.45) is 0.374. The number of anilines is 1. The van der Waals surface area contributed by atoms with Crippen LogP contribution in [-0.2, 0) is 16.0 Å². The molecule has 1 atom stereocenters. The number of ether oxygens (including phenoxy) is 1. The van der Waals surface area contributed by atoms with Crippen molar-refractivity contribution in [3.63, 3.8) is 0 Å². The Balaban J connectivity index is 2.02. The maximum atomic E-state index is 12.2. The standard InChI is InChI=1S/C16H20N2O4S/c1-5-11(15(19)17-14-8-10(4)22-18-14)21-16(20)13-7-9(3)12(6-2)23-13/h7-8,11H,5-6H2,1-4H3,(H,17,18,19). The summed E-state index contributed by atoms with van der Waals surface area (Å²) in [6.45, 7) is 7.51. The molecule has 23 heavy (non-hydrogen) atoms. The van der Waals surface area contributed by atoms with Crippen molar-refractivity contribution < 1.29 is 18.8 Å². The fourth-order valence-electron chi connectivity index (χ4n) is 2.11. The quantitative estimate of drug-likeness (QED) is 0.817. The smallest absolute Gasteiger partial charge is 0.349 e. The molecule has 6 nitrogen and oxygen atoms in total. The molecule has 0 radical (unpaired) electrons. The van der Waals surface area contributed by atoms with Gasteiger partial charge >= 0.3 is 5.97 Å². The summed E-state index contributed by atoms with van der Waals surface area (Å²) in [5.41, 5.74) is 1.07. The first kappa shape index (κ1) is 17.2. The van der Waals surface area contributed by atoms with E-state index in [0.717, 1.165) is 16.9 Å². The maximum Gasteiger partial charge on any atom is 0.349 e. The average Bonchev–Trinajstić information content (AvgIpc) is 3.09. The molecule has 0 aliphatic carbocycles. The minimum Gasteiger partial charge on any atom is -0.448 e. The van der Waals surface area contributed by atoms with Crippen LogP contribution in [0.2, 0.25) is 0 Å². The number of esters is 1. The summed E-state index contributed by atoms with van der Waals surface area (Å²) in [7, 11) is 0. The second-order valence-electron chi connectivity index (χ2n) is 5.18. The topological polar surface area (TPSA) is 81.4 Å². The molecular formula is C16H20N2O4S. The molecule has 0 saturated heterocycles. The Hall–Kier alpha value is -2.15. The highest BCUT2D eigenvalue weighted by molar-refractivity contribution is 7.14. The number of rotatable bonds is 6. The van der Waals surface area contributed by atoms with E-state index in [4.69, 9.17) is 9.26 Å². The lowest BCUT2D eigenvalue weighted by Gasteiger charge is -2.14. The fraction of sp³-hybridized carbons (Fsp3) is 0.438. The molecule has 0 aromatic carbocycles. The summed E-state index contributed by atoms with van der Waals surface area (Å²) < 4.78 is 10.2. The Morgan fingerprint density at radius 1 is 1.35 bits per heavy atom. The highest BCUT2D eigenvalue weighted by atomic mass is 32.1. The zero-order valence-electron chi connectivity index (χ0n) is 13.6. The molecule has 1 N–H and O–H groups in total. The lowest BCUT2D eigenvalue weighted by molar-refractivity contribution is -0.124. The summed E-state index contributed by atoms with van der Waals surface area (Å²) in [6, 6.07) is 3.40. The molecule has 124 valence electrons. The second kappa shape index (κ2) is 7.41. The van der Waals surface area contributed by atoms with Gasteiger partial charge in [0, 0.05) is 10.9 Å². The minimum absolute atomic E-state index is 0.308. The summed E-state index contributed by atoms with van der Waals surface area (Å²) >= 11 is 1.41. The third-order valence-electron chi connectivity index (χ3n) is 3.33. The molecule has 0 aliphatic heterocycles. The lowest BCUT2D eigenvalue weighted by Crippen LogP contribution is -2.32. The molecule has 0 aliphatic rings. The van der Waals surface area contributed by atoms with Gasteiger partial charge in [0.25, 0.3) is 5.91 Å². The molecule has 0 spiro atoms. The highest BCUT2D eigenvalue weighted by Gasteiger charge is 2.24. The van der Waals surface area contributed by atoms with Crippen molar-refractivity contribution in [2.24, 2.45) is 0 Å². The normalized spacial score (nSPS) is 12.0. The van der Waals surface area contributed by atoms with Crippen LogP contribution in [0.15, 0.2) is 16.7 Å². The number of carbonyl (C=O) groups is 2. The van der Waals surface area contributed by atoms with Gasteiger partial charge in [0.2, 0.25) is 0 Å². The zero-order valence-corrected chi connectivity index (χ0v) is 14.5. The molecule has 2 heterocycles. The van der Waals surface area contributed by atoms with Crippen LogP contribution in [0.3, 0.4) is 0 Å². The van der Waals surface area contributed by atoms with Gasteiger partial charge in [-0.15, -0.1) is 11.3 Å². The lowest BCUT2D eigenvalue weighted by atomic mass is 10.2. The summed E-state index contributed by atoms with van der Waals surface area (Å²) in [5, 5.41) is 6.27. The summed E-state index contributed by atoms with van der Waals surface area (Å²) in [4.78, 5) is 26.1. The van der Waals surface area contributed by atoms with Crippen molar-refractivity contribution in [1.82, 2.24) is 5.16 Å². The number of nitrogens with one attached hydrogen (secondary N) is 1.